The summed E-state index contributed by atoms with van der Waals surface area (Å²) in [6, 6.07) is -0.576. The van der Waals surface area contributed by atoms with E-state index in [1.54, 1.807) is 4.90 Å². The van der Waals surface area contributed by atoms with Crippen molar-refractivity contribution < 1.29 is 14.7 Å². The zero-order chi connectivity index (χ0) is 13.6. The number of carboxylic acid groups (broad SMARTS) is 1. The second-order valence-electron chi connectivity index (χ2n) is 4.68. The molecular weight excluding hydrogens is 220 g/mol. The predicted molar refractivity (Wildman–Crippen MR) is 66.5 cm³/mol. The van der Waals surface area contributed by atoms with Gasteiger partial charge in [-0.25, -0.2) is 0 Å². The van der Waals surface area contributed by atoms with E-state index >= 15 is 0 Å². The number of aliphatic carboxylic acids is 1. The lowest BCUT2D eigenvalue weighted by Gasteiger charge is -2.30. The van der Waals surface area contributed by atoms with Crippen molar-refractivity contribution in [1.82, 2.24) is 4.90 Å². The predicted octanol–water partition coefficient (Wildman–Crippen LogP) is 1.07. The molecular formula is C12H24N2O3. The van der Waals surface area contributed by atoms with Crippen LogP contribution in [0.25, 0.3) is 0 Å². The fourth-order valence-corrected chi connectivity index (χ4v) is 1.53. The van der Waals surface area contributed by atoms with Gasteiger partial charge < -0.3 is 15.7 Å². The van der Waals surface area contributed by atoms with E-state index in [9.17, 15) is 9.59 Å². The number of nitrogens with zero attached hydrogens (tertiary/aromatic N) is 1. The largest absolute Gasteiger partial charge is 0.481 e. The topological polar surface area (TPSA) is 83.6 Å². The summed E-state index contributed by atoms with van der Waals surface area (Å²) in [6.07, 6.45) is 0.787. The maximum atomic E-state index is 12.1. The third kappa shape index (κ3) is 5.17. The Hall–Kier alpha value is -1.10. The van der Waals surface area contributed by atoms with Gasteiger partial charge in [-0.2, -0.15) is 0 Å². The first-order valence-corrected chi connectivity index (χ1v) is 6.09. The maximum Gasteiger partial charge on any atom is 0.305 e. The van der Waals surface area contributed by atoms with Crippen molar-refractivity contribution in [3.8, 4) is 0 Å². The first kappa shape index (κ1) is 15.9. The lowest BCUT2D eigenvalue weighted by Crippen LogP contribution is -2.50. The van der Waals surface area contributed by atoms with Crippen molar-refractivity contribution >= 4 is 11.9 Å². The maximum absolute atomic E-state index is 12.1. The summed E-state index contributed by atoms with van der Waals surface area (Å²) in [6.45, 7) is 7.86. The molecule has 100 valence electrons. The zero-order valence-corrected chi connectivity index (χ0v) is 11.1. The first-order valence-electron chi connectivity index (χ1n) is 6.09. The highest BCUT2D eigenvalue weighted by atomic mass is 16.4. The van der Waals surface area contributed by atoms with Gasteiger partial charge in [-0.05, 0) is 19.8 Å². The first-order chi connectivity index (χ1) is 7.81. The van der Waals surface area contributed by atoms with Crippen molar-refractivity contribution in [2.24, 2.45) is 11.7 Å². The molecule has 1 amide bonds. The highest BCUT2D eigenvalue weighted by Crippen LogP contribution is 2.11. The van der Waals surface area contributed by atoms with Gasteiger partial charge in [0.2, 0.25) is 5.91 Å². The number of hydrogen-bond donors (Lipinski definition) is 2. The Bertz CT molecular complexity index is 266. The average Bonchev–Trinajstić information content (AvgIpc) is 2.25. The molecule has 0 aromatic carbocycles. The molecule has 17 heavy (non-hydrogen) atoms. The van der Waals surface area contributed by atoms with Crippen LogP contribution in [0.4, 0.5) is 0 Å². The van der Waals surface area contributed by atoms with Gasteiger partial charge >= 0.3 is 5.97 Å². The van der Waals surface area contributed by atoms with E-state index in [2.05, 4.69) is 0 Å². The zero-order valence-electron chi connectivity index (χ0n) is 11.1. The lowest BCUT2D eigenvalue weighted by atomic mass is 9.98. The molecule has 5 heteroatoms. The number of amides is 1. The number of carbonyl (C=O) groups is 2. The van der Waals surface area contributed by atoms with Gasteiger partial charge in [0.05, 0.1) is 12.5 Å². The molecule has 0 aromatic rings. The van der Waals surface area contributed by atoms with Gasteiger partial charge in [-0.15, -0.1) is 0 Å². The fourth-order valence-electron chi connectivity index (χ4n) is 1.53. The minimum atomic E-state index is -0.902. The van der Waals surface area contributed by atoms with Crippen molar-refractivity contribution in [1.29, 1.82) is 0 Å². The third-order valence-corrected chi connectivity index (χ3v) is 3.02. The highest BCUT2D eigenvalue weighted by molar-refractivity contribution is 5.82. The molecule has 0 saturated heterocycles. The summed E-state index contributed by atoms with van der Waals surface area (Å²) < 4.78 is 0. The molecule has 0 saturated carbocycles. The van der Waals surface area contributed by atoms with Crippen LogP contribution in [0.2, 0.25) is 0 Å². The third-order valence-electron chi connectivity index (χ3n) is 3.02. The summed E-state index contributed by atoms with van der Waals surface area (Å²) in [5.41, 5.74) is 5.88. The van der Waals surface area contributed by atoms with Gasteiger partial charge in [0.15, 0.2) is 0 Å². The summed E-state index contributed by atoms with van der Waals surface area (Å²) in [5.74, 6) is -0.954. The molecule has 2 atom stereocenters. The number of rotatable bonds is 7. The quantitative estimate of drug-likeness (QED) is 0.701. The Balaban J connectivity index is 4.59. The number of carbonyl (C=O) groups excluding carboxylic acids is 1. The number of carboxylic acids is 1. The summed E-state index contributed by atoms with van der Waals surface area (Å²) in [4.78, 5) is 24.2. The van der Waals surface area contributed by atoms with Crippen LogP contribution in [0.1, 0.15) is 40.5 Å². The van der Waals surface area contributed by atoms with Crippen LogP contribution in [0.5, 0.6) is 0 Å². The van der Waals surface area contributed by atoms with Gasteiger partial charge in [-0.1, -0.05) is 20.3 Å². The van der Waals surface area contributed by atoms with Gasteiger partial charge in [0.25, 0.3) is 0 Å². The molecule has 0 fully saturated rings. The van der Waals surface area contributed by atoms with Crippen LogP contribution >= 0.6 is 0 Å². The fraction of sp³-hybridized carbons (Fsp3) is 0.833. The molecule has 0 aliphatic heterocycles. The molecule has 0 aromatic heterocycles. The minimum Gasteiger partial charge on any atom is -0.481 e. The standard InChI is InChI=1S/C12H24N2O3/c1-5-9(4)11(13)12(17)14(8(2)3)7-6-10(15)16/h8-9,11H,5-7,13H2,1-4H3,(H,15,16)/t9-,11-/m0/s1. The van der Waals surface area contributed by atoms with Crippen LogP contribution in [0, 0.1) is 5.92 Å². The summed E-state index contributed by atoms with van der Waals surface area (Å²) in [7, 11) is 0. The second-order valence-corrected chi connectivity index (χ2v) is 4.68. The Labute approximate surface area is 103 Å². The van der Waals surface area contributed by atoms with Crippen LogP contribution in [0.3, 0.4) is 0 Å². The molecule has 5 nitrogen and oxygen atoms in total. The molecule has 3 N–H and O–H groups in total. The smallest absolute Gasteiger partial charge is 0.305 e. The molecule has 0 spiro atoms. The summed E-state index contributed by atoms with van der Waals surface area (Å²) >= 11 is 0. The molecule has 0 bridgehead atoms. The van der Waals surface area contributed by atoms with E-state index in [-0.39, 0.29) is 30.8 Å². The van der Waals surface area contributed by atoms with E-state index in [4.69, 9.17) is 10.8 Å². The Morgan fingerprint density at radius 2 is 1.82 bits per heavy atom. The van der Waals surface area contributed by atoms with Crippen molar-refractivity contribution in [2.75, 3.05) is 6.54 Å². The van der Waals surface area contributed by atoms with E-state index < -0.39 is 12.0 Å². The van der Waals surface area contributed by atoms with Crippen molar-refractivity contribution in [2.45, 2.75) is 52.6 Å². The molecule has 0 heterocycles. The summed E-state index contributed by atoms with van der Waals surface area (Å²) in [5, 5.41) is 8.65. The Morgan fingerprint density at radius 3 is 2.18 bits per heavy atom. The van der Waals surface area contributed by atoms with Crippen LogP contribution < -0.4 is 5.73 Å². The SMILES string of the molecule is CC[C@H](C)[C@H](N)C(=O)N(CCC(=O)O)C(C)C. The highest BCUT2D eigenvalue weighted by Gasteiger charge is 2.26. The Kier molecular flexibility index (Phi) is 6.80. The van der Waals surface area contributed by atoms with Crippen LogP contribution in [0.15, 0.2) is 0 Å². The van der Waals surface area contributed by atoms with Crippen molar-refractivity contribution in [3.05, 3.63) is 0 Å². The van der Waals surface area contributed by atoms with Crippen molar-refractivity contribution in [3.63, 3.8) is 0 Å². The van der Waals surface area contributed by atoms with Crippen LogP contribution in [-0.4, -0.2) is 40.5 Å². The molecule has 0 aliphatic rings. The second kappa shape index (κ2) is 7.27. The average molecular weight is 244 g/mol. The van der Waals surface area contributed by atoms with Gasteiger partial charge in [0, 0.05) is 12.6 Å². The Morgan fingerprint density at radius 1 is 1.29 bits per heavy atom. The molecule has 0 rings (SSSR count). The number of nitrogens with two attached hydrogens (primary N) is 1. The number of hydrogen-bond acceptors (Lipinski definition) is 3. The molecule has 0 aliphatic carbocycles. The van der Waals surface area contributed by atoms with Crippen LogP contribution in [-0.2, 0) is 9.59 Å². The molecule has 0 unspecified atom stereocenters. The van der Waals surface area contributed by atoms with E-state index in [1.165, 1.54) is 0 Å². The minimum absolute atomic E-state index is 0.0306. The van der Waals surface area contributed by atoms with Gasteiger partial charge in [-0.3, -0.25) is 9.59 Å². The normalized spacial score (nSPS) is 14.5. The van der Waals surface area contributed by atoms with E-state index in [0.717, 1.165) is 6.42 Å². The monoisotopic (exact) mass is 244 g/mol. The van der Waals surface area contributed by atoms with E-state index in [1.807, 2.05) is 27.7 Å². The van der Waals surface area contributed by atoms with Gasteiger partial charge in [0.1, 0.15) is 0 Å². The lowest BCUT2D eigenvalue weighted by molar-refractivity contribution is -0.140. The molecule has 0 radical (unpaired) electrons. The van der Waals surface area contributed by atoms with E-state index in [0.29, 0.717) is 0 Å².